The third-order valence-electron chi connectivity index (χ3n) is 4.71. The van der Waals surface area contributed by atoms with Crippen molar-refractivity contribution in [3.8, 4) is 6.07 Å². The van der Waals surface area contributed by atoms with Crippen LogP contribution >= 0.6 is 0 Å². The molecule has 0 bridgehead atoms. The highest BCUT2D eigenvalue weighted by atomic mass is 16.2. The molecule has 2 amide bonds. The zero-order valence-electron chi connectivity index (χ0n) is 14.8. The van der Waals surface area contributed by atoms with E-state index in [1.54, 1.807) is 29.2 Å². The van der Waals surface area contributed by atoms with Crippen LogP contribution in [0, 0.1) is 11.3 Å². The van der Waals surface area contributed by atoms with Gasteiger partial charge in [-0.1, -0.05) is 0 Å². The summed E-state index contributed by atoms with van der Waals surface area (Å²) in [7, 11) is 6.11. The smallest absolute Gasteiger partial charge is 0.321 e. The molecule has 0 atom stereocenters. The second-order valence-corrected chi connectivity index (χ2v) is 6.56. The number of rotatable bonds is 5. The predicted molar refractivity (Wildman–Crippen MR) is 96.0 cm³/mol. The number of piperidine rings is 1. The Morgan fingerprint density at radius 1 is 1.25 bits per heavy atom. The Labute approximate surface area is 144 Å². The number of urea groups is 1. The zero-order chi connectivity index (χ0) is 17.5. The molecule has 1 saturated heterocycles. The fourth-order valence-electron chi connectivity index (χ4n) is 2.87. The molecule has 0 spiro atoms. The molecule has 130 valence electrons. The van der Waals surface area contributed by atoms with Gasteiger partial charge in [-0.25, -0.2) is 4.79 Å². The number of likely N-dealkylation sites (tertiary alicyclic amines) is 1. The van der Waals surface area contributed by atoms with Crippen LogP contribution in [0.4, 0.5) is 10.5 Å². The van der Waals surface area contributed by atoms with Crippen molar-refractivity contribution in [1.29, 1.82) is 5.26 Å². The Balaban J connectivity index is 1.75. The Bertz CT molecular complexity index is 572. The van der Waals surface area contributed by atoms with Crippen LogP contribution in [0.3, 0.4) is 0 Å². The first kappa shape index (κ1) is 18.2. The van der Waals surface area contributed by atoms with Gasteiger partial charge in [-0.05, 0) is 64.3 Å². The quantitative estimate of drug-likeness (QED) is 0.898. The Morgan fingerprint density at radius 3 is 2.46 bits per heavy atom. The summed E-state index contributed by atoms with van der Waals surface area (Å²) >= 11 is 0. The number of nitrogens with one attached hydrogen (secondary N) is 1. The molecule has 0 unspecified atom stereocenters. The lowest BCUT2D eigenvalue weighted by Crippen LogP contribution is -2.45. The van der Waals surface area contributed by atoms with Crippen LogP contribution in [0.1, 0.15) is 18.4 Å². The summed E-state index contributed by atoms with van der Waals surface area (Å²) in [5.41, 5.74) is 1.29. The molecule has 1 aliphatic heterocycles. The number of anilines is 1. The highest BCUT2D eigenvalue weighted by Gasteiger charge is 2.21. The van der Waals surface area contributed by atoms with Crippen LogP contribution in [0.15, 0.2) is 24.3 Å². The predicted octanol–water partition coefficient (Wildman–Crippen LogP) is 2.05. The minimum atomic E-state index is -0.128. The number of nitrogens with zero attached hydrogens (tertiary/aromatic N) is 4. The lowest BCUT2D eigenvalue weighted by molar-refractivity contribution is 0.136. The van der Waals surface area contributed by atoms with Crippen LogP contribution in [0.2, 0.25) is 0 Å². The fourth-order valence-corrected chi connectivity index (χ4v) is 2.87. The topological polar surface area (TPSA) is 62.6 Å². The van der Waals surface area contributed by atoms with Gasteiger partial charge >= 0.3 is 6.03 Å². The average molecular weight is 329 g/mol. The van der Waals surface area contributed by atoms with Gasteiger partial charge < -0.3 is 20.0 Å². The molecule has 1 heterocycles. The number of hydrogen-bond acceptors (Lipinski definition) is 4. The van der Waals surface area contributed by atoms with Crippen LogP contribution < -0.4 is 5.32 Å². The maximum Gasteiger partial charge on any atom is 0.321 e. The number of nitriles is 1. The summed E-state index contributed by atoms with van der Waals surface area (Å²) < 4.78 is 0. The second kappa shape index (κ2) is 8.67. The van der Waals surface area contributed by atoms with Crippen molar-refractivity contribution >= 4 is 11.7 Å². The summed E-state index contributed by atoms with van der Waals surface area (Å²) in [4.78, 5) is 18.6. The van der Waals surface area contributed by atoms with Crippen LogP contribution in [0.25, 0.3) is 0 Å². The van der Waals surface area contributed by atoms with Crippen molar-refractivity contribution in [2.24, 2.45) is 0 Å². The molecule has 1 fully saturated rings. The van der Waals surface area contributed by atoms with Gasteiger partial charge in [0.25, 0.3) is 0 Å². The van der Waals surface area contributed by atoms with Crippen molar-refractivity contribution in [3.63, 3.8) is 0 Å². The summed E-state index contributed by atoms with van der Waals surface area (Å²) in [6.07, 6.45) is 2.38. The third kappa shape index (κ3) is 5.22. The highest BCUT2D eigenvalue weighted by molar-refractivity contribution is 5.89. The van der Waals surface area contributed by atoms with E-state index < -0.39 is 0 Å². The molecule has 1 N–H and O–H groups in total. The molecular weight excluding hydrogens is 302 g/mol. The van der Waals surface area contributed by atoms with Gasteiger partial charge in [0.15, 0.2) is 0 Å². The van der Waals surface area contributed by atoms with Gasteiger partial charge in [0.1, 0.15) is 0 Å². The number of carbonyl (C=O) groups is 1. The summed E-state index contributed by atoms with van der Waals surface area (Å²) in [5, 5.41) is 11.6. The van der Waals surface area contributed by atoms with E-state index in [-0.39, 0.29) is 6.03 Å². The Kier molecular flexibility index (Phi) is 6.59. The van der Waals surface area contributed by atoms with E-state index in [1.807, 2.05) is 7.05 Å². The SMILES string of the molecule is CN1CCC(N(C)CCN(C)C(=O)Nc2ccc(C#N)cc2)CC1. The van der Waals surface area contributed by atoms with Crippen molar-refractivity contribution in [2.45, 2.75) is 18.9 Å². The maximum atomic E-state index is 12.2. The summed E-state index contributed by atoms with van der Waals surface area (Å²) in [6, 6.07) is 9.43. The molecule has 1 aliphatic rings. The third-order valence-corrected chi connectivity index (χ3v) is 4.71. The lowest BCUT2D eigenvalue weighted by Gasteiger charge is -2.35. The van der Waals surface area contributed by atoms with E-state index in [1.165, 1.54) is 12.8 Å². The van der Waals surface area contributed by atoms with Crippen LogP contribution in [-0.4, -0.2) is 74.1 Å². The van der Waals surface area contributed by atoms with Crippen molar-refractivity contribution in [3.05, 3.63) is 29.8 Å². The maximum absolute atomic E-state index is 12.2. The minimum Gasteiger partial charge on any atom is -0.326 e. The number of benzene rings is 1. The second-order valence-electron chi connectivity index (χ2n) is 6.56. The number of likely N-dealkylation sites (N-methyl/N-ethyl adjacent to an activating group) is 2. The molecule has 6 nitrogen and oxygen atoms in total. The molecule has 1 aromatic rings. The molecule has 0 aromatic heterocycles. The number of amides is 2. The number of hydrogen-bond donors (Lipinski definition) is 1. The Morgan fingerprint density at radius 2 is 1.88 bits per heavy atom. The zero-order valence-corrected chi connectivity index (χ0v) is 14.8. The van der Waals surface area contributed by atoms with Gasteiger partial charge in [0.2, 0.25) is 0 Å². The molecule has 2 rings (SSSR count). The fraction of sp³-hybridized carbons (Fsp3) is 0.556. The van der Waals surface area contributed by atoms with E-state index in [9.17, 15) is 4.79 Å². The van der Waals surface area contributed by atoms with Crippen molar-refractivity contribution in [2.75, 3.05) is 52.6 Å². The first-order valence-corrected chi connectivity index (χ1v) is 8.40. The Hall–Kier alpha value is -2.10. The number of carbonyl (C=O) groups excluding carboxylic acids is 1. The van der Waals surface area contributed by atoms with Gasteiger partial charge in [0.05, 0.1) is 11.6 Å². The van der Waals surface area contributed by atoms with Crippen LogP contribution in [-0.2, 0) is 0 Å². The van der Waals surface area contributed by atoms with E-state index in [4.69, 9.17) is 5.26 Å². The standard InChI is InChI=1S/C18H27N5O/c1-21-10-8-17(9-11-21)22(2)12-13-23(3)18(24)20-16-6-4-15(14-19)5-7-16/h4-7,17H,8-13H2,1-3H3,(H,20,24). The van der Waals surface area contributed by atoms with Gasteiger partial charge in [-0.15, -0.1) is 0 Å². The van der Waals surface area contributed by atoms with Gasteiger partial charge in [-0.3, -0.25) is 0 Å². The first-order valence-electron chi connectivity index (χ1n) is 8.40. The van der Waals surface area contributed by atoms with Crippen LogP contribution in [0.5, 0.6) is 0 Å². The minimum absolute atomic E-state index is 0.128. The van der Waals surface area contributed by atoms with E-state index in [2.05, 4.69) is 35.3 Å². The molecular formula is C18H27N5O. The highest BCUT2D eigenvalue weighted by Crippen LogP contribution is 2.14. The molecule has 0 aliphatic carbocycles. The largest absolute Gasteiger partial charge is 0.326 e. The summed E-state index contributed by atoms with van der Waals surface area (Å²) in [5.74, 6) is 0. The van der Waals surface area contributed by atoms with Gasteiger partial charge in [0, 0.05) is 31.9 Å². The monoisotopic (exact) mass is 329 g/mol. The van der Waals surface area contributed by atoms with E-state index in [0.29, 0.717) is 23.8 Å². The molecule has 0 radical (unpaired) electrons. The van der Waals surface area contributed by atoms with Gasteiger partial charge in [-0.2, -0.15) is 5.26 Å². The first-order chi connectivity index (χ1) is 11.5. The van der Waals surface area contributed by atoms with E-state index >= 15 is 0 Å². The van der Waals surface area contributed by atoms with E-state index in [0.717, 1.165) is 19.6 Å². The molecule has 0 saturated carbocycles. The van der Waals surface area contributed by atoms with Crippen molar-refractivity contribution in [1.82, 2.24) is 14.7 Å². The normalized spacial score (nSPS) is 16.0. The lowest BCUT2D eigenvalue weighted by atomic mass is 10.0. The summed E-state index contributed by atoms with van der Waals surface area (Å²) in [6.45, 7) is 3.84. The molecule has 6 heteroatoms. The average Bonchev–Trinajstić information content (AvgIpc) is 2.60. The van der Waals surface area contributed by atoms with Crippen molar-refractivity contribution < 1.29 is 4.79 Å². The molecule has 1 aromatic carbocycles. The molecule has 24 heavy (non-hydrogen) atoms.